The molecule has 5 nitrogen and oxygen atoms in total. The first kappa shape index (κ1) is 21.1. The predicted octanol–water partition coefficient (Wildman–Crippen LogP) is 4.20. The summed E-state index contributed by atoms with van der Waals surface area (Å²) in [5, 5.41) is 7.15. The van der Waals surface area contributed by atoms with Crippen molar-refractivity contribution in [3.63, 3.8) is 0 Å². The zero-order valence-electron chi connectivity index (χ0n) is 15.7. The standard InChI is InChI=1S/C20H23Cl2N3O2S/c1-12(24-20(27)13-6-4-7-14(21)18(13)22)19(26)23-11-5-10-17-25-15-8-2-3-9-16(15)28-17/h4,6-7,12H,2-3,5,8-11H2,1H3,(H,23,26)(H,24,27). The Morgan fingerprint density at radius 1 is 1.25 bits per heavy atom. The van der Waals surface area contributed by atoms with Gasteiger partial charge in [-0.3, -0.25) is 9.59 Å². The second-order valence-electron chi connectivity index (χ2n) is 6.88. The van der Waals surface area contributed by atoms with Gasteiger partial charge >= 0.3 is 0 Å². The number of rotatable bonds is 7. The maximum Gasteiger partial charge on any atom is 0.253 e. The highest BCUT2D eigenvalue weighted by Gasteiger charge is 2.19. The molecular formula is C20H23Cl2N3O2S. The normalized spacial score (nSPS) is 14.2. The topological polar surface area (TPSA) is 71.1 Å². The van der Waals surface area contributed by atoms with Crippen LogP contribution in [0.3, 0.4) is 0 Å². The number of carbonyl (C=O) groups is 2. The van der Waals surface area contributed by atoms with Crippen LogP contribution in [-0.4, -0.2) is 29.4 Å². The summed E-state index contributed by atoms with van der Waals surface area (Å²) in [6.45, 7) is 2.18. The Morgan fingerprint density at radius 2 is 2.04 bits per heavy atom. The maximum atomic E-state index is 12.3. The van der Waals surface area contributed by atoms with Gasteiger partial charge in [-0.1, -0.05) is 29.3 Å². The molecule has 1 aliphatic rings. The number of hydrogen-bond donors (Lipinski definition) is 2. The molecule has 1 atom stereocenters. The van der Waals surface area contributed by atoms with Gasteiger partial charge in [-0.25, -0.2) is 4.98 Å². The van der Waals surface area contributed by atoms with Crippen molar-refractivity contribution in [3.8, 4) is 0 Å². The summed E-state index contributed by atoms with van der Waals surface area (Å²) < 4.78 is 0. The lowest BCUT2D eigenvalue weighted by Gasteiger charge is -2.15. The Labute approximate surface area is 178 Å². The summed E-state index contributed by atoms with van der Waals surface area (Å²) >= 11 is 13.8. The molecule has 0 saturated carbocycles. The average molecular weight is 440 g/mol. The summed E-state index contributed by atoms with van der Waals surface area (Å²) in [6, 6.07) is 4.15. The van der Waals surface area contributed by atoms with E-state index in [-0.39, 0.29) is 16.5 Å². The van der Waals surface area contributed by atoms with E-state index in [2.05, 4.69) is 10.6 Å². The number of benzene rings is 1. The van der Waals surface area contributed by atoms with E-state index in [1.807, 2.05) is 0 Å². The first-order valence-electron chi connectivity index (χ1n) is 9.45. The number of nitrogens with one attached hydrogen (secondary N) is 2. The number of aryl methyl sites for hydroxylation is 3. The molecule has 3 rings (SSSR count). The van der Waals surface area contributed by atoms with Gasteiger partial charge in [0.15, 0.2) is 0 Å². The fraction of sp³-hybridized carbons (Fsp3) is 0.450. The average Bonchev–Trinajstić information content (AvgIpc) is 3.09. The van der Waals surface area contributed by atoms with Crippen LogP contribution in [0.25, 0.3) is 0 Å². The van der Waals surface area contributed by atoms with Crippen LogP contribution in [0.1, 0.15) is 52.1 Å². The second kappa shape index (κ2) is 9.72. The second-order valence-corrected chi connectivity index (χ2v) is 8.83. The van der Waals surface area contributed by atoms with Crippen molar-refractivity contribution in [2.75, 3.05) is 6.54 Å². The molecule has 0 bridgehead atoms. The lowest BCUT2D eigenvalue weighted by molar-refractivity contribution is -0.122. The molecule has 1 aromatic carbocycles. The van der Waals surface area contributed by atoms with Gasteiger partial charge in [-0.15, -0.1) is 11.3 Å². The molecule has 1 unspecified atom stereocenters. The lowest BCUT2D eigenvalue weighted by atomic mass is 10.0. The van der Waals surface area contributed by atoms with E-state index in [0.29, 0.717) is 11.6 Å². The summed E-state index contributed by atoms with van der Waals surface area (Å²) in [6.07, 6.45) is 6.41. The number of amides is 2. The molecule has 150 valence electrons. The third kappa shape index (κ3) is 5.25. The zero-order chi connectivity index (χ0) is 20.1. The molecule has 1 aliphatic carbocycles. The Bertz CT molecular complexity index is 846. The van der Waals surface area contributed by atoms with Crippen LogP contribution in [0.15, 0.2) is 18.2 Å². The fourth-order valence-corrected chi connectivity index (χ4v) is 4.72. The van der Waals surface area contributed by atoms with E-state index in [1.54, 1.807) is 36.5 Å². The molecule has 28 heavy (non-hydrogen) atoms. The van der Waals surface area contributed by atoms with Crippen molar-refractivity contribution in [1.29, 1.82) is 0 Å². The minimum Gasteiger partial charge on any atom is -0.354 e. The van der Waals surface area contributed by atoms with Gasteiger partial charge in [0.05, 0.1) is 26.3 Å². The van der Waals surface area contributed by atoms with Crippen molar-refractivity contribution in [2.45, 2.75) is 51.5 Å². The number of fused-ring (bicyclic) bond motifs is 1. The van der Waals surface area contributed by atoms with Crippen molar-refractivity contribution in [2.24, 2.45) is 0 Å². The SMILES string of the molecule is CC(NC(=O)c1cccc(Cl)c1Cl)C(=O)NCCCc1nc2c(s1)CCCC2. The number of nitrogens with zero attached hydrogens (tertiary/aromatic N) is 1. The van der Waals surface area contributed by atoms with Crippen molar-refractivity contribution in [3.05, 3.63) is 49.4 Å². The van der Waals surface area contributed by atoms with E-state index < -0.39 is 11.9 Å². The van der Waals surface area contributed by atoms with Gasteiger partial charge < -0.3 is 10.6 Å². The minimum absolute atomic E-state index is 0.181. The fourth-order valence-electron chi connectivity index (χ4n) is 3.14. The maximum absolute atomic E-state index is 12.3. The van der Waals surface area contributed by atoms with Crippen molar-refractivity contribution < 1.29 is 9.59 Å². The largest absolute Gasteiger partial charge is 0.354 e. The van der Waals surface area contributed by atoms with E-state index in [4.69, 9.17) is 28.2 Å². The first-order chi connectivity index (χ1) is 13.5. The molecule has 1 heterocycles. The minimum atomic E-state index is -0.672. The van der Waals surface area contributed by atoms with Gasteiger partial charge in [0, 0.05) is 17.8 Å². The number of halogens is 2. The van der Waals surface area contributed by atoms with Gasteiger partial charge in [-0.05, 0) is 51.2 Å². The van der Waals surface area contributed by atoms with E-state index in [9.17, 15) is 9.59 Å². The monoisotopic (exact) mass is 439 g/mol. The molecule has 0 saturated heterocycles. The third-order valence-corrected chi connectivity index (χ3v) is 6.73. The predicted molar refractivity (Wildman–Crippen MR) is 113 cm³/mol. The van der Waals surface area contributed by atoms with Gasteiger partial charge in [0.2, 0.25) is 5.91 Å². The summed E-state index contributed by atoms with van der Waals surface area (Å²) in [7, 11) is 0. The molecule has 2 amide bonds. The number of carbonyl (C=O) groups excluding carboxylic acids is 2. The Balaban J connectivity index is 1.42. The van der Waals surface area contributed by atoms with Crippen molar-refractivity contribution in [1.82, 2.24) is 15.6 Å². The Kier molecular flexibility index (Phi) is 7.32. The molecule has 0 spiro atoms. The molecular weight excluding hydrogens is 417 g/mol. The lowest BCUT2D eigenvalue weighted by Crippen LogP contribution is -2.45. The highest BCUT2D eigenvalue weighted by Crippen LogP contribution is 2.27. The summed E-state index contributed by atoms with van der Waals surface area (Å²) in [5.74, 6) is -0.659. The summed E-state index contributed by atoms with van der Waals surface area (Å²) in [5.41, 5.74) is 1.52. The van der Waals surface area contributed by atoms with Crippen LogP contribution >= 0.6 is 34.5 Å². The Morgan fingerprint density at radius 3 is 2.82 bits per heavy atom. The molecule has 8 heteroatoms. The molecule has 0 radical (unpaired) electrons. The van der Waals surface area contributed by atoms with E-state index >= 15 is 0 Å². The number of aromatic nitrogens is 1. The summed E-state index contributed by atoms with van der Waals surface area (Å²) in [4.78, 5) is 30.7. The zero-order valence-corrected chi connectivity index (χ0v) is 18.0. The van der Waals surface area contributed by atoms with Crippen LogP contribution in [0.2, 0.25) is 10.0 Å². The first-order valence-corrected chi connectivity index (χ1v) is 11.0. The number of thiazole rings is 1. The molecule has 0 fully saturated rings. The Hall–Kier alpha value is -1.63. The van der Waals surface area contributed by atoms with Gasteiger partial charge in [-0.2, -0.15) is 0 Å². The van der Waals surface area contributed by atoms with E-state index in [0.717, 1.165) is 30.7 Å². The van der Waals surface area contributed by atoms with Gasteiger partial charge in [0.25, 0.3) is 5.91 Å². The number of hydrogen-bond acceptors (Lipinski definition) is 4. The van der Waals surface area contributed by atoms with Crippen molar-refractivity contribution >= 4 is 46.4 Å². The van der Waals surface area contributed by atoms with Crippen LogP contribution in [0.5, 0.6) is 0 Å². The highest BCUT2D eigenvalue weighted by atomic mass is 35.5. The van der Waals surface area contributed by atoms with E-state index in [1.165, 1.54) is 23.4 Å². The van der Waals surface area contributed by atoms with Crippen LogP contribution in [0, 0.1) is 0 Å². The molecule has 2 N–H and O–H groups in total. The highest BCUT2D eigenvalue weighted by molar-refractivity contribution is 7.11. The molecule has 1 aromatic heterocycles. The third-order valence-electron chi connectivity index (χ3n) is 4.69. The smallest absolute Gasteiger partial charge is 0.253 e. The van der Waals surface area contributed by atoms with Gasteiger partial charge in [0.1, 0.15) is 6.04 Å². The van der Waals surface area contributed by atoms with Crippen LogP contribution in [-0.2, 0) is 24.1 Å². The van der Waals surface area contributed by atoms with Crippen LogP contribution < -0.4 is 10.6 Å². The van der Waals surface area contributed by atoms with Crippen LogP contribution in [0.4, 0.5) is 0 Å². The quantitative estimate of drug-likeness (QED) is 0.634. The molecule has 2 aromatic rings. The molecule has 0 aliphatic heterocycles.